The van der Waals surface area contributed by atoms with Crippen molar-refractivity contribution in [3.05, 3.63) is 0 Å². The summed E-state index contributed by atoms with van der Waals surface area (Å²) in [5, 5.41) is 7.00. The van der Waals surface area contributed by atoms with Crippen molar-refractivity contribution >= 4 is 17.8 Å². The number of ether oxygens (including phenoxy) is 1. The monoisotopic (exact) mass is 446 g/mol. The summed E-state index contributed by atoms with van der Waals surface area (Å²) in [4.78, 5) is 35.1. The van der Waals surface area contributed by atoms with Gasteiger partial charge in [0.1, 0.15) is 0 Å². The van der Waals surface area contributed by atoms with Gasteiger partial charge in [0.15, 0.2) is 0 Å². The molecule has 1 saturated heterocycles. The fourth-order valence-corrected chi connectivity index (χ4v) is 2.95. The van der Waals surface area contributed by atoms with Gasteiger partial charge in [-0.3, -0.25) is 14.4 Å². The van der Waals surface area contributed by atoms with Crippen LogP contribution in [-0.2, 0) is 19.1 Å². The zero-order valence-electron chi connectivity index (χ0n) is 21.2. The number of hydrogen-bond acceptors (Lipinski definition) is 5. The summed E-state index contributed by atoms with van der Waals surface area (Å²) in [6, 6.07) is 0. The third-order valence-corrected chi connectivity index (χ3v) is 5.13. The van der Waals surface area contributed by atoms with Gasteiger partial charge in [-0.25, -0.2) is 0 Å². The second kappa shape index (κ2) is 24.6. The first kappa shape index (κ1) is 34.0. The van der Waals surface area contributed by atoms with E-state index < -0.39 is 0 Å². The van der Waals surface area contributed by atoms with Crippen LogP contribution in [0.3, 0.4) is 0 Å². The predicted molar refractivity (Wildman–Crippen MR) is 127 cm³/mol. The molecule has 7 heteroatoms. The van der Waals surface area contributed by atoms with Crippen molar-refractivity contribution in [1.29, 1.82) is 0 Å². The van der Waals surface area contributed by atoms with Crippen LogP contribution in [0.5, 0.6) is 0 Å². The molecule has 0 bridgehead atoms. The van der Waals surface area contributed by atoms with E-state index in [-0.39, 0.29) is 29.6 Å². The van der Waals surface area contributed by atoms with E-state index in [2.05, 4.69) is 6.92 Å². The van der Waals surface area contributed by atoms with Gasteiger partial charge < -0.3 is 20.5 Å². The van der Waals surface area contributed by atoms with E-state index in [9.17, 15) is 14.4 Å². The first-order chi connectivity index (χ1) is 14.9. The minimum Gasteiger partial charge on any atom is -0.469 e. The number of nitrogens with two attached hydrogens (primary N) is 1. The van der Waals surface area contributed by atoms with Crippen molar-refractivity contribution in [2.45, 2.75) is 98.8 Å². The highest BCUT2D eigenvalue weighted by Crippen LogP contribution is 2.19. The van der Waals surface area contributed by atoms with Crippen LogP contribution < -0.4 is 5.73 Å². The van der Waals surface area contributed by atoms with Gasteiger partial charge in [0.05, 0.1) is 13.0 Å². The molecule has 0 aliphatic carbocycles. The van der Waals surface area contributed by atoms with Crippen LogP contribution in [0.25, 0.3) is 0 Å². The lowest BCUT2D eigenvalue weighted by Crippen LogP contribution is -2.27. The van der Waals surface area contributed by atoms with E-state index in [1.807, 2.05) is 32.6 Å². The molecular formula is C24H50N2O5. The zero-order chi connectivity index (χ0) is 24.7. The van der Waals surface area contributed by atoms with Crippen molar-refractivity contribution in [3.8, 4) is 0 Å². The normalized spacial score (nSPS) is 15.4. The van der Waals surface area contributed by atoms with E-state index in [0.29, 0.717) is 13.0 Å². The van der Waals surface area contributed by atoms with Gasteiger partial charge in [-0.1, -0.05) is 79.6 Å². The van der Waals surface area contributed by atoms with Crippen molar-refractivity contribution in [1.82, 2.24) is 4.90 Å². The summed E-state index contributed by atoms with van der Waals surface area (Å²) in [5.74, 6) is -0.566. The Morgan fingerprint density at radius 3 is 1.94 bits per heavy atom. The van der Waals surface area contributed by atoms with Crippen LogP contribution in [0.1, 0.15) is 98.8 Å². The summed E-state index contributed by atoms with van der Waals surface area (Å²) in [5.41, 5.74) is 4.91. The quantitative estimate of drug-likeness (QED) is 0.343. The zero-order valence-corrected chi connectivity index (χ0v) is 21.2. The summed E-state index contributed by atoms with van der Waals surface area (Å²) in [6.07, 6.45) is 11.3. The highest BCUT2D eigenvalue weighted by Gasteiger charge is 2.34. The van der Waals surface area contributed by atoms with Crippen LogP contribution in [0, 0.1) is 11.8 Å². The maximum atomic E-state index is 11.8. The van der Waals surface area contributed by atoms with E-state index >= 15 is 0 Å². The third kappa shape index (κ3) is 18.8. The van der Waals surface area contributed by atoms with Gasteiger partial charge in [-0.15, -0.1) is 0 Å². The molecule has 3 N–H and O–H groups in total. The number of methoxy groups -OCH3 is 1. The second-order valence-electron chi connectivity index (χ2n) is 7.45. The Hall–Kier alpha value is -1.63. The molecule has 1 aliphatic rings. The maximum Gasteiger partial charge on any atom is 0.310 e. The molecule has 0 saturated carbocycles. The molecule has 1 aliphatic heterocycles. The molecule has 1 fully saturated rings. The predicted octanol–water partition coefficient (Wildman–Crippen LogP) is 4.30. The van der Waals surface area contributed by atoms with Gasteiger partial charge in [-0.2, -0.15) is 0 Å². The number of aliphatic hydroxyl groups is 1. The lowest BCUT2D eigenvalue weighted by Gasteiger charge is -2.15. The lowest BCUT2D eigenvalue weighted by molar-refractivity contribution is -0.145. The molecule has 0 spiro atoms. The SMILES string of the molecule is CC.CCC(C)C(N)=O.CCCCCCCCCCN1CC(C(=O)OC)CC1=O.CO. The number of carbonyl (C=O) groups excluding carboxylic acids is 3. The van der Waals surface area contributed by atoms with Gasteiger partial charge >= 0.3 is 5.97 Å². The number of rotatable bonds is 12. The van der Waals surface area contributed by atoms with E-state index in [1.54, 1.807) is 0 Å². The Morgan fingerprint density at radius 1 is 1.06 bits per heavy atom. The van der Waals surface area contributed by atoms with Gasteiger partial charge in [0, 0.05) is 32.5 Å². The van der Waals surface area contributed by atoms with E-state index in [0.717, 1.165) is 26.5 Å². The van der Waals surface area contributed by atoms with Crippen LogP contribution in [0.15, 0.2) is 0 Å². The average Bonchev–Trinajstić information content (AvgIpc) is 3.18. The van der Waals surface area contributed by atoms with Gasteiger partial charge in [0.2, 0.25) is 11.8 Å². The lowest BCUT2D eigenvalue weighted by atomic mass is 10.1. The van der Waals surface area contributed by atoms with Crippen LogP contribution >= 0.6 is 0 Å². The van der Waals surface area contributed by atoms with Crippen molar-refractivity contribution in [2.24, 2.45) is 17.6 Å². The fraction of sp³-hybridized carbons (Fsp3) is 0.875. The standard InChI is InChI=1S/C16H29NO3.C5H11NO.C2H6.CH4O/c1-3-4-5-6-7-8-9-10-11-17-13-14(12-15(17)18)16(19)20-2;1-3-4(2)5(6)7;2*1-2/h14H,3-13H2,1-2H3;4H,3H2,1-2H3,(H2,6,7);1-2H3;2H,1H3. The second-order valence-corrected chi connectivity index (χ2v) is 7.45. The van der Waals surface area contributed by atoms with Gasteiger partial charge in [-0.05, 0) is 12.8 Å². The number of primary amides is 1. The molecule has 31 heavy (non-hydrogen) atoms. The summed E-state index contributed by atoms with van der Waals surface area (Å²) < 4.78 is 4.70. The largest absolute Gasteiger partial charge is 0.469 e. The summed E-state index contributed by atoms with van der Waals surface area (Å²) in [7, 11) is 2.38. The Bertz CT molecular complexity index is 444. The first-order valence-electron chi connectivity index (χ1n) is 12.0. The number of amides is 2. The summed E-state index contributed by atoms with van der Waals surface area (Å²) >= 11 is 0. The number of nitrogens with zero attached hydrogens (tertiary/aromatic N) is 1. The number of esters is 1. The van der Waals surface area contributed by atoms with E-state index in [1.165, 1.54) is 52.1 Å². The topological polar surface area (TPSA) is 110 Å². The van der Waals surface area contributed by atoms with Gasteiger partial charge in [0.25, 0.3) is 0 Å². The summed E-state index contributed by atoms with van der Waals surface area (Å²) in [6.45, 7) is 11.3. The van der Waals surface area contributed by atoms with Crippen LogP contribution in [-0.4, -0.2) is 55.1 Å². The highest BCUT2D eigenvalue weighted by atomic mass is 16.5. The van der Waals surface area contributed by atoms with E-state index in [4.69, 9.17) is 15.6 Å². The smallest absolute Gasteiger partial charge is 0.310 e. The molecule has 0 aromatic rings. The minimum absolute atomic E-state index is 0.0417. The molecule has 2 unspecified atom stereocenters. The highest BCUT2D eigenvalue weighted by molar-refractivity contribution is 5.86. The van der Waals surface area contributed by atoms with Crippen LogP contribution in [0.2, 0.25) is 0 Å². The number of carbonyl (C=O) groups is 3. The number of unbranched alkanes of at least 4 members (excludes halogenated alkanes) is 7. The minimum atomic E-state index is -0.253. The number of likely N-dealkylation sites (tertiary alicyclic amines) is 1. The molecule has 2 amide bonds. The first-order valence-corrected chi connectivity index (χ1v) is 12.0. The Balaban J connectivity index is -0.000000598. The fourth-order valence-electron chi connectivity index (χ4n) is 2.95. The molecule has 0 aromatic carbocycles. The van der Waals surface area contributed by atoms with Crippen LogP contribution in [0.4, 0.5) is 0 Å². The molecular weight excluding hydrogens is 396 g/mol. The average molecular weight is 447 g/mol. The maximum absolute atomic E-state index is 11.8. The molecule has 0 radical (unpaired) electrons. The number of hydrogen-bond donors (Lipinski definition) is 2. The molecule has 2 atom stereocenters. The van der Waals surface area contributed by atoms with Crippen molar-refractivity contribution < 1.29 is 24.2 Å². The van der Waals surface area contributed by atoms with Crippen molar-refractivity contribution in [3.63, 3.8) is 0 Å². The molecule has 7 nitrogen and oxygen atoms in total. The number of aliphatic hydroxyl groups excluding tert-OH is 1. The van der Waals surface area contributed by atoms with Crippen molar-refractivity contribution in [2.75, 3.05) is 27.3 Å². The molecule has 0 aromatic heterocycles. The molecule has 1 rings (SSSR count). The molecule has 186 valence electrons. The third-order valence-electron chi connectivity index (χ3n) is 5.13. The Labute approximate surface area is 191 Å². The molecule has 1 heterocycles. The Morgan fingerprint density at radius 2 is 1.55 bits per heavy atom. The Kier molecular flexibility index (Phi) is 27.0.